The van der Waals surface area contributed by atoms with E-state index in [2.05, 4.69) is 6.07 Å². The summed E-state index contributed by atoms with van der Waals surface area (Å²) in [4.78, 5) is 10.3. The van der Waals surface area contributed by atoms with Crippen LogP contribution in [0.5, 0.6) is 5.75 Å². The predicted octanol–water partition coefficient (Wildman–Crippen LogP) is 6.68. The van der Waals surface area contributed by atoms with Gasteiger partial charge < -0.3 is 4.74 Å². The number of ether oxygens (including phenoxy) is 1. The summed E-state index contributed by atoms with van der Waals surface area (Å²) >= 11 is 12.6. The Labute approximate surface area is 181 Å². The average molecular weight is 443 g/mol. The van der Waals surface area contributed by atoms with Crippen LogP contribution in [0.4, 0.5) is 10.1 Å². The summed E-state index contributed by atoms with van der Waals surface area (Å²) in [6.07, 6.45) is 1.56. The first-order valence-corrected chi connectivity index (χ1v) is 9.36. The van der Waals surface area contributed by atoms with Crippen LogP contribution in [0.15, 0.2) is 60.7 Å². The Morgan fingerprint density at radius 2 is 1.77 bits per heavy atom. The van der Waals surface area contributed by atoms with Gasteiger partial charge in [0.1, 0.15) is 12.4 Å². The van der Waals surface area contributed by atoms with Crippen LogP contribution in [0.2, 0.25) is 10.0 Å². The lowest BCUT2D eigenvalue weighted by Crippen LogP contribution is -1.99. The Morgan fingerprint density at radius 3 is 2.33 bits per heavy atom. The fourth-order valence-electron chi connectivity index (χ4n) is 2.68. The fraction of sp³-hybridized carbons (Fsp3) is 0.0455. The van der Waals surface area contributed by atoms with Crippen molar-refractivity contribution in [2.24, 2.45) is 0 Å². The number of nitrogens with zero attached hydrogens (tertiary/aromatic N) is 2. The Kier molecular flexibility index (Phi) is 6.68. The van der Waals surface area contributed by atoms with Crippen LogP contribution >= 0.6 is 23.2 Å². The molecule has 0 bridgehead atoms. The Morgan fingerprint density at radius 1 is 1.13 bits per heavy atom. The van der Waals surface area contributed by atoms with Crippen molar-refractivity contribution in [3.8, 4) is 11.8 Å². The second-order valence-electron chi connectivity index (χ2n) is 6.17. The first-order chi connectivity index (χ1) is 14.4. The van der Waals surface area contributed by atoms with E-state index in [1.54, 1.807) is 36.4 Å². The number of hydrogen-bond donors (Lipinski definition) is 0. The molecule has 150 valence electrons. The van der Waals surface area contributed by atoms with Crippen LogP contribution < -0.4 is 4.74 Å². The number of non-ortho nitro benzene ring substituents is 1. The van der Waals surface area contributed by atoms with Crippen LogP contribution in [0.25, 0.3) is 11.6 Å². The van der Waals surface area contributed by atoms with E-state index in [0.717, 1.165) is 0 Å². The van der Waals surface area contributed by atoms with Crippen LogP contribution in [0.3, 0.4) is 0 Å². The maximum absolute atomic E-state index is 13.7. The predicted molar refractivity (Wildman–Crippen MR) is 114 cm³/mol. The zero-order valence-electron chi connectivity index (χ0n) is 15.3. The van der Waals surface area contributed by atoms with Crippen LogP contribution in [-0.2, 0) is 6.61 Å². The third-order valence-corrected chi connectivity index (χ3v) is 4.73. The van der Waals surface area contributed by atoms with Gasteiger partial charge in [0.25, 0.3) is 5.69 Å². The number of hydrogen-bond acceptors (Lipinski definition) is 4. The number of nitro groups is 1. The molecule has 0 heterocycles. The van der Waals surface area contributed by atoms with Crippen molar-refractivity contribution < 1.29 is 14.1 Å². The summed E-state index contributed by atoms with van der Waals surface area (Å²) in [5, 5.41) is 20.6. The van der Waals surface area contributed by atoms with E-state index in [4.69, 9.17) is 27.9 Å². The molecule has 0 aliphatic rings. The molecule has 0 fully saturated rings. The highest BCUT2D eigenvalue weighted by Gasteiger charge is 2.12. The summed E-state index contributed by atoms with van der Waals surface area (Å²) in [5.41, 5.74) is 1.61. The molecule has 0 saturated heterocycles. The third-order valence-electron chi connectivity index (χ3n) is 4.17. The van der Waals surface area contributed by atoms with E-state index in [1.165, 1.54) is 30.3 Å². The number of nitriles is 1. The largest absolute Gasteiger partial charge is 0.486 e. The summed E-state index contributed by atoms with van der Waals surface area (Å²) < 4.78 is 19.3. The quantitative estimate of drug-likeness (QED) is 0.184. The van der Waals surface area contributed by atoms with Gasteiger partial charge in [0.15, 0.2) is 5.75 Å². The van der Waals surface area contributed by atoms with Crippen molar-refractivity contribution in [2.75, 3.05) is 0 Å². The topological polar surface area (TPSA) is 76.2 Å². The molecule has 8 heteroatoms. The average Bonchev–Trinajstić information content (AvgIpc) is 2.72. The molecule has 0 N–H and O–H groups in total. The van der Waals surface area contributed by atoms with Gasteiger partial charge in [-0.3, -0.25) is 10.1 Å². The molecule has 3 aromatic rings. The monoisotopic (exact) mass is 442 g/mol. The van der Waals surface area contributed by atoms with E-state index >= 15 is 0 Å². The van der Waals surface area contributed by atoms with Gasteiger partial charge in [-0.25, -0.2) is 4.39 Å². The van der Waals surface area contributed by atoms with Gasteiger partial charge in [-0.2, -0.15) is 5.26 Å². The van der Waals surface area contributed by atoms with Gasteiger partial charge in [-0.05, 0) is 47.5 Å². The molecule has 0 spiro atoms. The zero-order valence-corrected chi connectivity index (χ0v) is 16.8. The summed E-state index contributed by atoms with van der Waals surface area (Å²) in [7, 11) is 0. The van der Waals surface area contributed by atoms with Gasteiger partial charge >= 0.3 is 0 Å². The lowest BCUT2D eigenvalue weighted by Gasteiger charge is -2.11. The first-order valence-electron chi connectivity index (χ1n) is 8.61. The highest BCUT2D eigenvalue weighted by atomic mass is 35.5. The molecule has 0 aliphatic heterocycles. The van der Waals surface area contributed by atoms with E-state index in [0.29, 0.717) is 16.7 Å². The SMILES string of the molecule is N#C/C(=C\c1cc(Cl)c(OCc2ccccc2F)c(Cl)c1)c1ccc([N+](=O)[O-])cc1. The minimum atomic E-state index is -0.515. The molecule has 30 heavy (non-hydrogen) atoms. The summed E-state index contributed by atoms with van der Waals surface area (Å²) in [6.45, 7) is -0.0481. The molecule has 0 radical (unpaired) electrons. The van der Waals surface area contributed by atoms with Crippen LogP contribution in [0, 0.1) is 27.3 Å². The van der Waals surface area contributed by atoms with E-state index < -0.39 is 10.7 Å². The Hall–Kier alpha value is -3.40. The molecular formula is C22H13Cl2FN2O3. The molecule has 5 nitrogen and oxygen atoms in total. The molecule has 0 unspecified atom stereocenters. The highest BCUT2D eigenvalue weighted by molar-refractivity contribution is 6.37. The molecule has 0 amide bonds. The smallest absolute Gasteiger partial charge is 0.269 e. The van der Waals surface area contributed by atoms with Crippen LogP contribution in [-0.4, -0.2) is 4.92 Å². The van der Waals surface area contributed by atoms with E-state index in [9.17, 15) is 19.8 Å². The number of allylic oxidation sites excluding steroid dienone is 1. The molecule has 0 aliphatic carbocycles. The molecule has 0 atom stereocenters. The maximum Gasteiger partial charge on any atom is 0.269 e. The zero-order chi connectivity index (χ0) is 21.7. The van der Waals surface area contributed by atoms with Gasteiger partial charge in [0.2, 0.25) is 0 Å². The van der Waals surface area contributed by atoms with Gasteiger partial charge in [0, 0.05) is 17.7 Å². The van der Waals surface area contributed by atoms with Crippen molar-refractivity contribution in [2.45, 2.75) is 6.61 Å². The minimum Gasteiger partial charge on any atom is -0.486 e. The molecular weight excluding hydrogens is 430 g/mol. The number of halogens is 3. The van der Waals surface area contributed by atoms with Gasteiger partial charge in [-0.1, -0.05) is 41.4 Å². The lowest BCUT2D eigenvalue weighted by molar-refractivity contribution is -0.384. The van der Waals surface area contributed by atoms with Crippen molar-refractivity contribution >= 4 is 40.5 Å². The van der Waals surface area contributed by atoms with Crippen molar-refractivity contribution in [3.05, 3.63) is 103 Å². The van der Waals surface area contributed by atoms with Gasteiger partial charge in [-0.15, -0.1) is 0 Å². The lowest BCUT2D eigenvalue weighted by atomic mass is 10.0. The number of nitro benzene ring substituents is 1. The number of rotatable bonds is 6. The minimum absolute atomic E-state index is 0.0481. The normalized spacial score (nSPS) is 11.1. The van der Waals surface area contributed by atoms with Crippen molar-refractivity contribution in [1.82, 2.24) is 0 Å². The standard InChI is InChI=1S/C22H13Cl2FN2O3/c23-19-10-14(9-17(12-26)15-5-7-18(8-6-15)27(28)29)11-20(24)22(19)30-13-16-3-1-2-4-21(16)25/h1-11H,13H2/b17-9+. The Balaban J connectivity index is 1.85. The van der Waals surface area contributed by atoms with E-state index in [1.807, 2.05) is 0 Å². The first kappa shape index (κ1) is 21.3. The summed E-state index contributed by atoms with van der Waals surface area (Å²) in [6, 6.07) is 17.0. The highest BCUT2D eigenvalue weighted by Crippen LogP contribution is 2.36. The van der Waals surface area contributed by atoms with E-state index in [-0.39, 0.29) is 33.7 Å². The Bertz CT molecular complexity index is 1150. The molecule has 3 rings (SSSR count). The fourth-order valence-corrected chi connectivity index (χ4v) is 3.29. The molecule has 0 saturated carbocycles. The maximum atomic E-state index is 13.7. The summed E-state index contributed by atoms with van der Waals surface area (Å²) in [5.74, 6) is -0.196. The van der Waals surface area contributed by atoms with Crippen LogP contribution in [0.1, 0.15) is 16.7 Å². The second-order valence-corrected chi connectivity index (χ2v) is 6.98. The second kappa shape index (κ2) is 9.40. The van der Waals surface area contributed by atoms with Crippen molar-refractivity contribution in [3.63, 3.8) is 0 Å². The molecule has 0 aromatic heterocycles. The van der Waals surface area contributed by atoms with Gasteiger partial charge in [0.05, 0.1) is 26.6 Å². The number of benzene rings is 3. The third kappa shape index (κ3) is 4.95. The molecule has 3 aromatic carbocycles. The van der Waals surface area contributed by atoms with Crippen molar-refractivity contribution in [1.29, 1.82) is 5.26 Å².